The number of halogens is 2. The molecule has 0 fully saturated rings. The second-order valence-electron chi connectivity index (χ2n) is 3.30. The molecule has 0 aliphatic rings. The highest BCUT2D eigenvalue weighted by Crippen LogP contribution is 2.21. The van der Waals surface area contributed by atoms with Crippen LogP contribution in [0.4, 0.5) is 4.39 Å². The molecule has 0 radical (unpaired) electrons. The molecule has 0 aromatic heterocycles. The van der Waals surface area contributed by atoms with E-state index in [-0.39, 0.29) is 22.7 Å². The molecule has 0 saturated heterocycles. The van der Waals surface area contributed by atoms with Crippen molar-refractivity contribution < 1.29 is 9.18 Å². The van der Waals surface area contributed by atoms with Gasteiger partial charge in [0.25, 0.3) is 5.91 Å². The molecule has 0 bridgehead atoms. The van der Waals surface area contributed by atoms with Crippen LogP contribution in [0.1, 0.15) is 5.56 Å². The van der Waals surface area contributed by atoms with Crippen LogP contribution >= 0.6 is 11.6 Å². The van der Waals surface area contributed by atoms with Gasteiger partial charge in [-0.15, -0.1) is 6.58 Å². The Kier molecular flexibility index (Phi) is 5.09. The Morgan fingerprint density at radius 2 is 2.33 bits per heavy atom. The van der Waals surface area contributed by atoms with Gasteiger partial charge in [0.05, 0.1) is 5.02 Å². The van der Waals surface area contributed by atoms with Gasteiger partial charge in [-0.25, -0.2) is 4.39 Å². The van der Waals surface area contributed by atoms with Crippen molar-refractivity contribution in [3.8, 4) is 6.07 Å². The van der Waals surface area contributed by atoms with Crippen LogP contribution in [0.2, 0.25) is 5.02 Å². The summed E-state index contributed by atoms with van der Waals surface area (Å²) < 4.78 is 13.5. The lowest BCUT2D eigenvalue weighted by atomic mass is 10.1. The Morgan fingerprint density at radius 3 is 2.89 bits per heavy atom. The van der Waals surface area contributed by atoms with Gasteiger partial charge in [0.2, 0.25) is 0 Å². The largest absolute Gasteiger partial charge is 0.348 e. The van der Waals surface area contributed by atoms with Crippen LogP contribution in [-0.4, -0.2) is 12.5 Å². The molecule has 0 aliphatic heterocycles. The van der Waals surface area contributed by atoms with E-state index in [0.717, 1.165) is 6.08 Å². The molecule has 0 atom stereocenters. The number of hydrogen-bond acceptors (Lipinski definition) is 2. The van der Waals surface area contributed by atoms with Gasteiger partial charge in [-0.1, -0.05) is 23.7 Å². The van der Waals surface area contributed by atoms with Crippen molar-refractivity contribution in [2.24, 2.45) is 0 Å². The minimum Gasteiger partial charge on any atom is -0.348 e. The molecule has 0 spiro atoms. The van der Waals surface area contributed by atoms with Crippen LogP contribution in [0.25, 0.3) is 6.08 Å². The van der Waals surface area contributed by atoms with Crippen LogP contribution in [0.5, 0.6) is 0 Å². The Morgan fingerprint density at radius 1 is 1.61 bits per heavy atom. The number of carbonyl (C=O) groups is 1. The summed E-state index contributed by atoms with van der Waals surface area (Å²) in [4.78, 5) is 11.5. The zero-order chi connectivity index (χ0) is 13.5. The van der Waals surface area contributed by atoms with Gasteiger partial charge in [0.15, 0.2) is 0 Å². The normalized spacial score (nSPS) is 10.6. The quantitative estimate of drug-likeness (QED) is 0.516. The second kappa shape index (κ2) is 6.58. The minimum absolute atomic E-state index is 0.0180. The van der Waals surface area contributed by atoms with E-state index >= 15 is 0 Å². The fraction of sp³-hybridized carbons (Fsp3) is 0.0769. The van der Waals surface area contributed by atoms with E-state index < -0.39 is 11.7 Å². The van der Waals surface area contributed by atoms with E-state index in [1.165, 1.54) is 24.3 Å². The Hall–Kier alpha value is -2.12. The van der Waals surface area contributed by atoms with Crippen molar-refractivity contribution in [1.82, 2.24) is 5.32 Å². The lowest BCUT2D eigenvalue weighted by molar-refractivity contribution is -0.116. The lowest BCUT2D eigenvalue weighted by Crippen LogP contribution is -2.24. The maximum atomic E-state index is 13.5. The highest BCUT2D eigenvalue weighted by atomic mass is 35.5. The van der Waals surface area contributed by atoms with Crippen molar-refractivity contribution in [3.05, 3.63) is 52.8 Å². The fourth-order valence-electron chi connectivity index (χ4n) is 1.20. The predicted octanol–water partition coefficient (Wildman–Crippen LogP) is 2.69. The molecule has 0 saturated carbocycles. The summed E-state index contributed by atoms with van der Waals surface area (Å²) in [5.41, 5.74) is -0.201. The number of rotatable bonds is 4. The Labute approximate surface area is 109 Å². The number of benzene rings is 1. The average molecular weight is 265 g/mol. The van der Waals surface area contributed by atoms with Gasteiger partial charge in [0.1, 0.15) is 17.5 Å². The highest BCUT2D eigenvalue weighted by molar-refractivity contribution is 6.32. The molecule has 0 heterocycles. The molecule has 92 valence electrons. The number of nitrogens with zero attached hydrogens (tertiary/aromatic N) is 1. The van der Waals surface area contributed by atoms with E-state index in [0.29, 0.717) is 0 Å². The molecule has 18 heavy (non-hydrogen) atoms. The van der Waals surface area contributed by atoms with Crippen molar-refractivity contribution in [1.29, 1.82) is 5.26 Å². The van der Waals surface area contributed by atoms with E-state index in [2.05, 4.69) is 11.9 Å². The molecule has 1 amide bonds. The molecular weight excluding hydrogens is 255 g/mol. The molecule has 1 aromatic carbocycles. The van der Waals surface area contributed by atoms with Crippen molar-refractivity contribution in [2.45, 2.75) is 0 Å². The lowest BCUT2D eigenvalue weighted by Gasteiger charge is -2.03. The third-order valence-electron chi connectivity index (χ3n) is 2.06. The first-order valence-electron chi connectivity index (χ1n) is 5.05. The topological polar surface area (TPSA) is 52.9 Å². The summed E-state index contributed by atoms with van der Waals surface area (Å²) in [6.45, 7) is 3.66. The Balaban J connectivity index is 3.09. The SMILES string of the molecule is C=CCNC(=O)/C(C#N)=C/c1c(F)cccc1Cl. The second-order valence-corrected chi connectivity index (χ2v) is 3.71. The molecule has 1 rings (SSSR count). The summed E-state index contributed by atoms with van der Waals surface area (Å²) in [5, 5.41) is 11.4. The summed E-state index contributed by atoms with van der Waals surface area (Å²) in [6, 6.07) is 5.83. The number of amides is 1. The molecule has 1 N–H and O–H groups in total. The summed E-state index contributed by atoms with van der Waals surface area (Å²) in [7, 11) is 0. The number of carbonyl (C=O) groups excluding carboxylic acids is 1. The highest BCUT2D eigenvalue weighted by Gasteiger charge is 2.11. The van der Waals surface area contributed by atoms with Gasteiger partial charge in [-0.05, 0) is 18.2 Å². The van der Waals surface area contributed by atoms with Gasteiger partial charge in [-0.2, -0.15) is 5.26 Å². The van der Waals surface area contributed by atoms with Crippen LogP contribution in [0, 0.1) is 17.1 Å². The van der Waals surface area contributed by atoms with Crippen LogP contribution in [-0.2, 0) is 4.79 Å². The maximum Gasteiger partial charge on any atom is 0.262 e. The molecule has 0 aliphatic carbocycles. The number of nitrogens with one attached hydrogen (secondary N) is 1. The van der Waals surface area contributed by atoms with Crippen LogP contribution in [0.15, 0.2) is 36.4 Å². The molecule has 1 aromatic rings. The Bertz CT molecular complexity index is 526. The van der Waals surface area contributed by atoms with Gasteiger partial charge < -0.3 is 5.32 Å². The first-order valence-corrected chi connectivity index (χ1v) is 5.43. The monoisotopic (exact) mass is 264 g/mol. The maximum absolute atomic E-state index is 13.5. The van der Waals surface area contributed by atoms with E-state index in [1.807, 2.05) is 0 Å². The molecular formula is C13H10ClFN2O. The van der Waals surface area contributed by atoms with Crippen LogP contribution < -0.4 is 5.32 Å². The first kappa shape index (κ1) is 13.9. The molecule has 3 nitrogen and oxygen atoms in total. The summed E-state index contributed by atoms with van der Waals surface area (Å²) >= 11 is 5.80. The first-order chi connectivity index (χ1) is 8.60. The zero-order valence-corrected chi connectivity index (χ0v) is 10.2. The third-order valence-corrected chi connectivity index (χ3v) is 2.39. The van der Waals surface area contributed by atoms with E-state index in [9.17, 15) is 9.18 Å². The predicted molar refractivity (Wildman–Crippen MR) is 68.2 cm³/mol. The van der Waals surface area contributed by atoms with Crippen molar-refractivity contribution in [3.63, 3.8) is 0 Å². The van der Waals surface area contributed by atoms with Crippen LogP contribution in [0.3, 0.4) is 0 Å². The van der Waals surface area contributed by atoms with Gasteiger partial charge in [-0.3, -0.25) is 4.79 Å². The third kappa shape index (κ3) is 3.44. The van der Waals surface area contributed by atoms with Gasteiger partial charge in [0, 0.05) is 12.1 Å². The average Bonchev–Trinajstić information content (AvgIpc) is 2.35. The zero-order valence-electron chi connectivity index (χ0n) is 9.41. The minimum atomic E-state index is -0.600. The smallest absolute Gasteiger partial charge is 0.262 e. The number of nitriles is 1. The summed E-state index contributed by atoms with van der Waals surface area (Å²) in [6.07, 6.45) is 2.60. The van der Waals surface area contributed by atoms with Crippen molar-refractivity contribution in [2.75, 3.05) is 6.54 Å². The standard InChI is InChI=1S/C13H10ClFN2O/c1-2-6-17-13(18)9(8-16)7-10-11(14)4-3-5-12(10)15/h2-5,7H,1,6H2,(H,17,18)/b9-7+. The van der Waals surface area contributed by atoms with Gasteiger partial charge >= 0.3 is 0 Å². The van der Waals surface area contributed by atoms with Crippen molar-refractivity contribution >= 4 is 23.6 Å². The molecule has 0 unspecified atom stereocenters. The van der Waals surface area contributed by atoms with E-state index in [1.54, 1.807) is 6.07 Å². The van der Waals surface area contributed by atoms with E-state index in [4.69, 9.17) is 16.9 Å². The fourth-order valence-corrected chi connectivity index (χ4v) is 1.42. The summed E-state index contributed by atoms with van der Waals surface area (Å²) in [5.74, 6) is -1.19. The molecule has 5 heteroatoms. The number of hydrogen-bond donors (Lipinski definition) is 1.